The summed E-state index contributed by atoms with van der Waals surface area (Å²) in [6.07, 6.45) is 8.55. The highest BCUT2D eigenvalue weighted by atomic mass is 35.5. The number of carbonyl (C=O) groups excluding carboxylic acids is 1. The van der Waals surface area contributed by atoms with Gasteiger partial charge in [-0.15, -0.1) is 6.42 Å². The maximum Gasteiger partial charge on any atom is 0.272 e. The molecule has 3 rings (SSSR count). The normalized spacial score (nSPS) is 12.0. The smallest absolute Gasteiger partial charge is 0.272 e. The van der Waals surface area contributed by atoms with E-state index in [-0.39, 0.29) is 5.91 Å². The average molecular weight is 367 g/mol. The molecule has 0 spiro atoms. The van der Waals surface area contributed by atoms with Crippen LogP contribution in [0.5, 0.6) is 0 Å². The molecule has 0 unspecified atom stereocenters. The summed E-state index contributed by atoms with van der Waals surface area (Å²) in [6, 6.07) is 13.4. The Balaban J connectivity index is 2.00. The molecule has 0 saturated carbocycles. The van der Waals surface area contributed by atoms with E-state index in [1.165, 1.54) is 17.4 Å². The molecule has 0 aliphatic heterocycles. The first kappa shape index (κ1) is 17.2. The molecule has 2 aromatic carbocycles. The molecular weight excluding hydrogens is 352 g/mol. The Morgan fingerprint density at radius 3 is 2.92 bits per heavy atom. The maximum atomic E-state index is 12.2. The molecule has 1 heterocycles. The Hall–Kier alpha value is -2.61. The molecule has 3 nitrogen and oxygen atoms in total. The van der Waals surface area contributed by atoms with Gasteiger partial charge in [-0.3, -0.25) is 4.79 Å². The number of thiazole rings is 1. The van der Waals surface area contributed by atoms with Crippen LogP contribution in [0.25, 0.3) is 16.3 Å². The van der Waals surface area contributed by atoms with Crippen LogP contribution < -0.4 is 4.80 Å². The number of rotatable bonds is 3. The molecule has 0 aliphatic rings. The van der Waals surface area contributed by atoms with Crippen molar-refractivity contribution in [1.29, 1.82) is 0 Å². The summed E-state index contributed by atoms with van der Waals surface area (Å²) in [5.74, 6) is 2.27. The van der Waals surface area contributed by atoms with Crippen molar-refractivity contribution < 1.29 is 4.79 Å². The molecule has 1 aromatic heterocycles. The van der Waals surface area contributed by atoms with Crippen molar-refractivity contribution in [2.75, 3.05) is 0 Å². The summed E-state index contributed by atoms with van der Waals surface area (Å²) in [4.78, 5) is 17.0. The molecule has 124 valence electrons. The lowest BCUT2D eigenvalue weighted by molar-refractivity contribution is -0.113. The van der Waals surface area contributed by atoms with Crippen molar-refractivity contribution in [3.05, 3.63) is 69.5 Å². The van der Waals surface area contributed by atoms with Gasteiger partial charge in [0.2, 0.25) is 0 Å². The number of fused-ring (bicyclic) bond motifs is 1. The molecule has 0 N–H and O–H groups in total. The van der Waals surface area contributed by atoms with Crippen LogP contribution in [0, 0.1) is 19.3 Å². The summed E-state index contributed by atoms with van der Waals surface area (Å²) in [7, 11) is 0. The first-order chi connectivity index (χ1) is 12.1. The number of benzene rings is 2. The molecule has 0 saturated heterocycles. The quantitative estimate of drug-likeness (QED) is 0.498. The summed E-state index contributed by atoms with van der Waals surface area (Å²) in [6.45, 7) is 2.39. The lowest BCUT2D eigenvalue weighted by Crippen LogP contribution is -2.15. The number of hydrogen-bond donors (Lipinski definition) is 0. The zero-order chi connectivity index (χ0) is 17.8. The molecule has 0 aliphatic carbocycles. The fourth-order valence-electron chi connectivity index (χ4n) is 2.41. The highest BCUT2D eigenvalue weighted by molar-refractivity contribution is 7.16. The summed E-state index contributed by atoms with van der Waals surface area (Å²) >= 11 is 7.54. The van der Waals surface area contributed by atoms with Gasteiger partial charge in [0.05, 0.1) is 16.8 Å². The van der Waals surface area contributed by atoms with Gasteiger partial charge in [-0.1, -0.05) is 53.1 Å². The minimum absolute atomic E-state index is 0.353. The second kappa shape index (κ2) is 7.52. The summed E-state index contributed by atoms with van der Waals surface area (Å²) in [5.41, 5.74) is 2.91. The molecule has 0 bridgehead atoms. The van der Waals surface area contributed by atoms with Crippen LogP contribution in [0.1, 0.15) is 11.1 Å². The monoisotopic (exact) mass is 366 g/mol. The molecule has 0 atom stereocenters. The largest absolute Gasteiger partial charge is 0.305 e. The van der Waals surface area contributed by atoms with Crippen LogP contribution in [-0.4, -0.2) is 10.5 Å². The third kappa shape index (κ3) is 3.90. The second-order valence-electron chi connectivity index (χ2n) is 5.45. The molecule has 3 aromatic rings. The SMILES string of the molecule is C#CCn1c(=NC(=O)/C=C/c2ccccc2Cl)sc2cc(C)ccc21. The van der Waals surface area contributed by atoms with Gasteiger partial charge in [0.15, 0.2) is 4.80 Å². The number of aromatic nitrogens is 1. The Kier molecular flexibility index (Phi) is 5.18. The first-order valence-electron chi connectivity index (χ1n) is 7.63. The lowest BCUT2D eigenvalue weighted by atomic mass is 10.2. The van der Waals surface area contributed by atoms with Crippen molar-refractivity contribution >= 4 is 45.1 Å². The van der Waals surface area contributed by atoms with Gasteiger partial charge in [-0.05, 0) is 42.3 Å². The van der Waals surface area contributed by atoms with Crippen LogP contribution in [-0.2, 0) is 11.3 Å². The van der Waals surface area contributed by atoms with Crippen LogP contribution in [0.3, 0.4) is 0 Å². The second-order valence-corrected chi connectivity index (χ2v) is 6.87. The fraction of sp³-hybridized carbons (Fsp3) is 0.100. The van der Waals surface area contributed by atoms with Gasteiger partial charge >= 0.3 is 0 Å². The Morgan fingerprint density at radius 1 is 1.36 bits per heavy atom. The molecule has 0 fully saturated rings. The van der Waals surface area contributed by atoms with E-state index in [1.807, 2.05) is 41.8 Å². The first-order valence-corrected chi connectivity index (χ1v) is 8.82. The van der Waals surface area contributed by atoms with E-state index in [0.717, 1.165) is 21.3 Å². The third-order valence-electron chi connectivity index (χ3n) is 3.60. The topological polar surface area (TPSA) is 34.4 Å². The van der Waals surface area contributed by atoms with Crippen molar-refractivity contribution in [1.82, 2.24) is 4.57 Å². The van der Waals surface area contributed by atoms with E-state index in [1.54, 1.807) is 12.1 Å². The van der Waals surface area contributed by atoms with Gasteiger partial charge in [-0.2, -0.15) is 4.99 Å². The number of aryl methyl sites for hydroxylation is 1. The molecule has 1 amide bonds. The average Bonchev–Trinajstić information content (AvgIpc) is 2.91. The number of hydrogen-bond acceptors (Lipinski definition) is 2. The van der Waals surface area contributed by atoms with Crippen LogP contribution >= 0.6 is 22.9 Å². The molecule has 0 radical (unpaired) electrons. The van der Waals surface area contributed by atoms with Gasteiger partial charge in [-0.25, -0.2) is 0 Å². The molecular formula is C20H15ClN2OS. The number of terminal acetylenes is 1. The minimum atomic E-state index is -0.353. The van der Waals surface area contributed by atoms with Crippen molar-refractivity contribution in [3.63, 3.8) is 0 Å². The standard InChI is InChI=1S/C20H15ClN2OS/c1-3-12-23-17-10-8-14(2)13-18(17)25-20(23)22-19(24)11-9-15-6-4-5-7-16(15)21/h1,4-11,13H,12H2,2H3/b11-9+,22-20?. The van der Waals surface area contributed by atoms with Crippen LogP contribution in [0.4, 0.5) is 0 Å². The number of nitrogens with zero attached hydrogens (tertiary/aromatic N) is 2. The van der Waals surface area contributed by atoms with E-state index in [0.29, 0.717) is 16.4 Å². The van der Waals surface area contributed by atoms with Gasteiger partial charge in [0.1, 0.15) is 0 Å². The van der Waals surface area contributed by atoms with Crippen molar-refractivity contribution in [2.45, 2.75) is 13.5 Å². The Labute approximate surface area is 154 Å². The number of amides is 1. The summed E-state index contributed by atoms with van der Waals surface area (Å²) in [5, 5.41) is 0.589. The zero-order valence-corrected chi connectivity index (χ0v) is 15.1. The summed E-state index contributed by atoms with van der Waals surface area (Å²) < 4.78 is 2.93. The van der Waals surface area contributed by atoms with Gasteiger partial charge in [0.25, 0.3) is 5.91 Å². The van der Waals surface area contributed by atoms with E-state index >= 15 is 0 Å². The van der Waals surface area contributed by atoms with E-state index in [2.05, 4.69) is 17.0 Å². The number of carbonyl (C=O) groups is 1. The van der Waals surface area contributed by atoms with Crippen LogP contribution in [0.15, 0.2) is 53.5 Å². The minimum Gasteiger partial charge on any atom is -0.305 e. The number of halogens is 1. The van der Waals surface area contributed by atoms with E-state index in [4.69, 9.17) is 18.0 Å². The van der Waals surface area contributed by atoms with Gasteiger partial charge < -0.3 is 4.57 Å². The maximum absolute atomic E-state index is 12.2. The lowest BCUT2D eigenvalue weighted by Gasteiger charge is -1.99. The van der Waals surface area contributed by atoms with Gasteiger partial charge in [0, 0.05) is 11.1 Å². The van der Waals surface area contributed by atoms with Crippen molar-refractivity contribution in [3.8, 4) is 12.3 Å². The van der Waals surface area contributed by atoms with E-state index < -0.39 is 0 Å². The van der Waals surface area contributed by atoms with E-state index in [9.17, 15) is 4.79 Å². The molecule has 25 heavy (non-hydrogen) atoms. The zero-order valence-electron chi connectivity index (χ0n) is 13.6. The predicted molar refractivity (Wildman–Crippen MR) is 104 cm³/mol. The highest BCUT2D eigenvalue weighted by Gasteiger charge is 2.06. The molecule has 5 heteroatoms. The fourth-order valence-corrected chi connectivity index (χ4v) is 3.74. The highest BCUT2D eigenvalue weighted by Crippen LogP contribution is 2.19. The predicted octanol–water partition coefficient (Wildman–Crippen LogP) is 4.44. The van der Waals surface area contributed by atoms with Crippen molar-refractivity contribution in [2.24, 2.45) is 4.99 Å². The Bertz CT molecular complexity index is 1080. The Morgan fingerprint density at radius 2 is 2.16 bits per heavy atom. The third-order valence-corrected chi connectivity index (χ3v) is 4.99. The van der Waals surface area contributed by atoms with Crippen LogP contribution in [0.2, 0.25) is 5.02 Å².